The molecule has 0 aromatic heterocycles. The van der Waals surface area contributed by atoms with E-state index in [0.29, 0.717) is 14.5 Å². The van der Waals surface area contributed by atoms with E-state index in [4.69, 9.17) is 29.6 Å². The Morgan fingerprint density at radius 3 is 2.63 bits per heavy atom. The van der Waals surface area contributed by atoms with Crippen molar-refractivity contribution in [2.75, 3.05) is 13.6 Å². The second-order valence-corrected chi connectivity index (χ2v) is 7.94. The Kier molecular flexibility index (Phi) is 5.76. The van der Waals surface area contributed by atoms with E-state index in [0.717, 1.165) is 0 Å². The summed E-state index contributed by atoms with van der Waals surface area (Å²) in [6.45, 7) is 2.02. The smallest absolute Gasteiger partial charge is 0.242 e. The zero-order valence-corrected chi connectivity index (χ0v) is 14.4. The molecular weight excluding hydrogens is 372 g/mol. The van der Waals surface area contributed by atoms with Crippen molar-refractivity contribution in [2.45, 2.75) is 11.8 Å². The predicted octanol–water partition coefficient (Wildman–Crippen LogP) is 2.65. The van der Waals surface area contributed by atoms with Crippen LogP contribution in [-0.4, -0.2) is 31.3 Å². The highest BCUT2D eigenvalue weighted by atomic mass is 79.9. The number of sulfonamides is 1. The standard InChI is InChI=1S/C11H14BrClN2O2S2/c1-7(11(14)18)6-15(2)19(16,17)8-3-4-10(13)9(12)5-8/h3-5,7H,6H2,1-2H3,(H2,14,18). The Bertz CT molecular complexity index is 592. The molecule has 0 aliphatic rings. The summed E-state index contributed by atoms with van der Waals surface area (Å²) in [6, 6.07) is 4.47. The van der Waals surface area contributed by atoms with Crippen molar-refractivity contribution in [3.8, 4) is 0 Å². The summed E-state index contributed by atoms with van der Waals surface area (Å²) >= 11 is 13.9. The molecule has 1 atom stereocenters. The predicted molar refractivity (Wildman–Crippen MR) is 84.9 cm³/mol. The molecule has 0 radical (unpaired) electrons. The van der Waals surface area contributed by atoms with Gasteiger partial charge in [0.2, 0.25) is 10.0 Å². The first kappa shape index (κ1) is 16.8. The molecule has 4 nitrogen and oxygen atoms in total. The molecule has 1 unspecified atom stereocenters. The molecule has 106 valence electrons. The van der Waals surface area contributed by atoms with Crippen molar-refractivity contribution in [1.82, 2.24) is 4.31 Å². The number of nitrogens with two attached hydrogens (primary N) is 1. The molecule has 2 N–H and O–H groups in total. The first-order chi connectivity index (χ1) is 8.66. The van der Waals surface area contributed by atoms with Crippen LogP contribution in [0.3, 0.4) is 0 Å². The highest BCUT2D eigenvalue weighted by molar-refractivity contribution is 9.10. The maximum atomic E-state index is 12.3. The van der Waals surface area contributed by atoms with Gasteiger partial charge in [0.05, 0.1) is 14.9 Å². The zero-order valence-electron chi connectivity index (χ0n) is 10.4. The van der Waals surface area contributed by atoms with Crippen molar-refractivity contribution in [3.05, 3.63) is 27.7 Å². The summed E-state index contributed by atoms with van der Waals surface area (Å²) in [6.07, 6.45) is 0. The molecule has 0 aliphatic carbocycles. The fourth-order valence-corrected chi connectivity index (χ4v) is 3.40. The maximum Gasteiger partial charge on any atom is 0.242 e. The van der Waals surface area contributed by atoms with E-state index in [1.807, 2.05) is 0 Å². The van der Waals surface area contributed by atoms with Gasteiger partial charge in [-0.25, -0.2) is 12.7 Å². The van der Waals surface area contributed by atoms with E-state index in [1.54, 1.807) is 6.92 Å². The lowest BCUT2D eigenvalue weighted by molar-refractivity contribution is 0.445. The van der Waals surface area contributed by atoms with E-state index in [2.05, 4.69) is 15.9 Å². The van der Waals surface area contributed by atoms with E-state index in [-0.39, 0.29) is 17.4 Å². The zero-order chi connectivity index (χ0) is 14.8. The van der Waals surface area contributed by atoms with Gasteiger partial charge < -0.3 is 5.73 Å². The van der Waals surface area contributed by atoms with Gasteiger partial charge in [-0.15, -0.1) is 0 Å². The van der Waals surface area contributed by atoms with Gasteiger partial charge >= 0.3 is 0 Å². The maximum absolute atomic E-state index is 12.3. The van der Waals surface area contributed by atoms with Gasteiger partial charge in [0, 0.05) is 24.0 Å². The second kappa shape index (κ2) is 6.49. The number of rotatable bonds is 5. The molecule has 0 heterocycles. The summed E-state index contributed by atoms with van der Waals surface area (Å²) in [5.74, 6) is -0.189. The molecule has 0 aliphatic heterocycles. The summed E-state index contributed by atoms with van der Waals surface area (Å²) in [7, 11) is -2.08. The lowest BCUT2D eigenvalue weighted by Crippen LogP contribution is -2.35. The van der Waals surface area contributed by atoms with Crippen LogP contribution < -0.4 is 5.73 Å². The van der Waals surface area contributed by atoms with Gasteiger partial charge in [0.15, 0.2) is 0 Å². The van der Waals surface area contributed by atoms with Crippen molar-refractivity contribution in [3.63, 3.8) is 0 Å². The topological polar surface area (TPSA) is 63.4 Å². The Morgan fingerprint density at radius 1 is 1.58 bits per heavy atom. The molecule has 1 aromatic rings. The molecule has 0 fully saturated rings. The molecule has 0 amide bonds. The molecule has 8 heteroatoms. The number of benzene rings is 1. The number of hydrogen-bond donors (Lipinski definition) is 1. The van der Waals surface area contributed by atoms with Gasteiger partial charge in [-0.3, -0.25) is 0 Å². The van der Waals surface area contributed by atoms with Crippen LogP contribution in [0.2, 0.25) is 5.02 Å². The Morgan fingerprint density at radius 2 is 2.16 bits per heavy atom. The van der Waals surface area contributed by atoms with Crippen LogP contribution in [-0.2, 0) is 10.0 Å². The molecule has 1 rings (SSSR count). The Labute approximate surface area is 132 Å². The number of halogens is 2. The lowest BCUT2D eigenvalue weighted by Gasteiger charge is -2.20. The van der Waals surface area contributed by atoms with Gasteiger partial charge in [-0.2, -0.15) is 0 Å². The number of nitrogens with zero attached hydrogens (tertiary/aromatic N) is 1. The Hall–Kier alpha value is -0.210. The highest BCUT2D eigenvalue weighted by Crippen LogP contribution is 2.26. The first-order valence-electron chi connectivity index (χ1n) is 5.37. The monoisotopic (exact) mass is 384 g/mol. The Balaban J connectivity index is 3.03. The van der Waals surface area contributed by atoms with Crippen molar-refractivity contribution >= 4 is 54.8 Å². The third kappa shape index (κ3) is 4.13. The quantitative estimate of drug-likeness (QED) is 0.791. The minimum absolute atomic E-state index is 0.168. The third-order valence-corrected chi connectivity index (χ3v) is 6.05. The van der Waals surface area contributed by atoms with Gasteiger partial charge in [-0.1, -0.05) is 30.7 Å². The average Bonchev–Trinajstić information content (AvgIpc) is 2.32. The first-order valence-corrected chi connectivity index (χ1v) is 8.39. The fraction of sp³-hybridized carbons (Fsp3) is 0.364. The van der Waals surface area contributed by atoms with Gasteiger partial charge in [0.1, 0.15) is 0 Å². The summed E-state index contributed by atoms with van der Waals surface area (Å²) in [5, 5.41) is 0.457. The van der Waals surface area contributed by atoms with Gasteiger partial charge in [-0.05, 0) is 34.1 Å². The van der Waals surface area contributed by atoms with Crippen LogP contribution in [0.15, 0.2) is 27.6 Å². The second-order valence-electron chi connectivity index (χ2n) is 4.16. The molecular formula is C11H14BrClN2O2S2. The molecule has 1 aromatic carbocycles. The minimum atomic E-state index is -3.58. The third-order valence-electron chi connectivity index (χ3n) is 2.62. The van der Waals surface area contributed by atoms with Crippen molar-refractivity contribution in [1.29, 1.82) is 0 Å². The van der Waals surface area contributed by atoms with E-state index in [9.17, 15) is 8.42 Å². The SMILES string of the molecule is CC(CN(C)S(=O)(=O)c1ccc(Cl)c(Br)c1)C(N)=S. The molecule has 0 bridgehead atoms. The van der Waals surface area contributed by atoms with E-state index < -0.39 is 10.0 Å². The molecule has 0 saturated carbocycles. The van der Waals surface area contributed by atoms with Crippen molar-refractivity contribution < 1.29 is 8.42 Å². The largest absolute Gasteiger partial charge is 0.393 e. The van der Waals surface area contributed by atoms with Crippen LogP contribution in [0.1, 0.15) is 6.92 Å². The summed E-state index contributed by atoms with van der Waals surface area (Å²) in [4.78, 5) is 0.459. The minimum Gasteiger partial charge on any atom is -0.393 e. The summed E-state index contributed by atoms with van der Waals surface area (Å²) in [5.41, 5.74) is 5.50. The van der Waals surface area contributed by atoms with Crippen LogP contribution >= 0.6 is 39.7 Å². The van der Waals surface area contributed by atoms with E-state index >= 15 is 0 Å². The van der Waals surface area contributed by atoms with Gasteiger partial charge in [0.25, 0.3) is 0 Å². The molecule has 0 spiro atoms. The van der Waals surface area contributed by atoms with Crippen LogP contribution in [0.25, 0.3) is 0 Å². The molecule has 19 heavy (non-hydrogen) atoms. The summed E-state index contributed by atoms with van der Waals surface area (Å²) < 4.78 is 26.4. The van der Waals surface area contributed by atoms with Crippen LogP contribution in [0.4, 0.5) is 0 Å². The lowest BCUT2D eigenvalue weighted by atomic mass is 10.2. The van der Waals surface area contributed by atoms with E-state index in [1.165, 1.54) is 29.6 Å². The van der Waals surface area contributed by atoms with Crippen molar-refractivity contribution in [2.24, 2.45) is 11.7 Å². The molecule has 0 saturated heterocycles. The van der Waals surface area contributed by atoms with Crippen LogP contribution in [0, 0.1) is 5.92 Å². The normalized spacial score (nSPS) is 13.5. The fourth-order valence-electron chi connectivity index (χ4n) is 1.39. The average molecular weight is 386 g/mol. The van der Waals surface area contributed by atoms with Crippen LogP contribution in [0.5, 0.6) is 0 Å². The highest BCUT2D eigenvalue weighted by Gasteiger charge is 2.23. The number of thiocarbonyl (C=S) groups is 1. The number of hydrogen-bond acceptors (Lipinski definition) is 3.